The first kappa shape index (κ1) is 15.9. The number of phenols is 1. The smallest absolute Gasteiger partial charge is 0.160 e. The molecule has 1 heterocycles. The molecule has 2 N–H and O–H groups in total. The highest BCUT2D eigenvalue weighted by Crippen LogP contribution is 2.25. The number of aromatic nitrogens is 2. The third-order valence-electron chi connectivity index (χ3n) is 3.34. The lowest BCUT2D eigenvalue weighted by atomic mass is 10.0. The van der Waals surface area contributed by atoms with E-state index in [9.17, 15) is 19.1 Å². The van der Waals surface area contributed by atoms with E-state index in [1.807, 2.05) is 0 Å². The zero-order valence-electron chi connectivity index (χ0n) is 12.0. The summed E-state index contributed by atoms with van der Waals surface area (Å²) in [7, 11) is 0. The predicted molar refractivity (Wildman–Crippen MR) is 84.0 cm³/mol. The highest BCUT2D eigenvalue weighted by molar-refractivity contribution is 6.31. The molecular formula is C16H10ClF2N3O2. The SMILES string of the molecule is O/N=C(/c1cnn(-c2ccc(F)c(F)c2)c1)c1cc(Cl)ccc1O. The van der Waals surface area contributed by atoms with Gasteiger partial charge < -0.3 is 10.3 Å². The van der Waals surface area contributed by atoms with Crippen LogP contribution in [0.25, 0.3) is 5.69 Å². The van der Waals surface area contributed by atoms with Crippen molar-refractivity contribution in [1.29, 1.82) is 0 Å². The Morgan fingerprint density at radius 3 is 2.62 bits per heavy atom. The summed E-state index contributed by atoms with van der Waals surface area (Å²) in [6, 6.07) is 7.60. The van der Waals surface area contributed by atoms with E-state index in [-0.39, 0.29) is 22.7 Å². The maximum atomic E-state index is 13.3. The van der Waals surface area contributed by atoms with E-state index in [1.54, 1.807) is 0 Å². The molecule has 0 saturated carbocycles. The van der Waals surface area contributed by atoms with Gasteiger partial charge in [-0.3, -0.25) is 0 Å². The van der Waals surface area contributed by atoms with Crippen molar-refractivity contribution in [3.05, 3.63) is 76.6 Å². The molecule has 0 aliphatic rings. The number of hydrogen-bond acceptors (Lipinski definition) is 4. The molecule has 5 nitrogen and oxygen atoms in total. The minimum absolute atomic E-state index is 0.0313. The lowest BCUT2D eigenvalue weighted by Crippen LogP contribution is -2.03. The molecule has 0 unspecified atom stereocenters. The van der Waals surface area contributed by atoms with E-state index in [4.69, 9.17) is 11.6 Å². The molecule has 0 fully saturated rings. The number of hydrogen-bond donors (Lipinski definition) is 2. The van der Waals surface area contributed by atoms with Crippen LogP contribution in [-0.4, -0.2) is 25.8 Å². The van der Waals surface area contributed by atoms with Crippen LogP contribution in [0.15, 0.2) is 53.9 Å². The van der Waals surface area contributed by atoms with Crippen LogP contribution >= 0.6 is 11.6 Å². The van der Waals surface area contributed by atoms with Crippen LogP contribution in [0.2, 0.25) is 5.02 Å². The van der Waals surface area contributed by atoms with Gasteiger partial charge in [0.1, 0.15) is 11.5 Å². The van der Waals surface area contributed by atoms with Crippen LogP contribution in [0.4, 0.5) is 8.78 Å². The van der Waals surface area contributed by atoms with Gasteiger partial charge in [-0.1, -0.05) is 16.8 Å². The standard InChI is InChI=1S/C16H10ClF2N3O2/c17-10-1-4-15(23)12(5-10)16(21-24)9-7-20-22(8-9)11-2-3-13(18)14(19)6-11/h1-8,23-24H/b21-16-. The second-order valence-corrected chi connectivity index (χ2v) is 5.32. The molecule has 0 amide bonds. The van der Waals surface area contributed by atoms with Crippen molar-refractivity contribution >= 4 is 17.3 Å². The molecule has 0 bridgehead atoms. The Hall–Kier alpha value is -2.93. The third-order valence-corrected chi connectivity index (χ3v) is 3.57. The van der Waals surface area contributed by atoms with E-state index in [0.717, 1.165) is 12.1 Å². The molecule has 0 saturated heterocycles. The number of benzene rings is 2. The first-order chi connectivity index (χ1) is 11.5. The highest BCUT2D eigenvalue weighted by atomic mass is 35.5. The van der Waals surface area contributed by atoms with E-state index in [0.29, 0.717) is 10.6 Å². The quantitative estimate of drug-likeness (QED) is 0.430. The normalized spacial score (nSPS) is 11.7. The Morgan fingerprint density at radius 2 is 1.92 bits per heavy atom. The van der Waals surface area contributed by atoms with Gasteiger partial charge in [-0.25, -0.2) is 13.5 Å². The molecule has 3 aromatic rings. The minimum atomic E-state index is -1.01. The molecule has 0 aliphatic carbocycles. The van der Waals surface area contributed by atoms with Gasteiger partial charge in [0.05, 0.1) is 11.9 Å². The molecular weight excluding hydrogens is 340 g/mol. The zero-order chi connectivity index (χ0) is 17.3. The van der Waals surface area contributed by atoms with Gasteiger partial charge in [0.25, 0.3) is 0 Å². The second-order valence-electron chi connectivity index (χ2n) is 4.88. The van der Waals surface area contributed by atoms with Crippen molar-refractivity contribution in [2.45, 2.75) is 0 Å². The van der Waals surface area contributed by atoms with Crippen molar-refractivity contribution in [3.8, 4) is 11.4 Å². The van der Waals surface area contributed by atoms with Crippen LogP contribution < -0.4 is 0 Å². The maximum Gasteiger partial charge on any atom is 0.160 e. The fourth-order valence-corrected chi connectivity index (χ4v) is 2.35. The number of halogens is 3. The lowest BCUT2D eigenvalue weighted by Gasteiger charge is -2.05. The first-order valence-electron chi connectivity index (χ1n) is 6.71. The van der Waals surface area contributed by atoms with Gasteiger partial charge in [0, 0.05) is 28.4 Å². The molecule has 0 radical (unpaired) electrons. The first-order valence-corrected chi connectivity index (χ1v) is 7.09. The Morgan fingerprint density at radius 1 is 1.12 bits per heavy atom. The summed E-state index contributed by atoms with van der Waals surface area (Å²) in [5, 5.41) is 26.8. The van der Waals surface area contributed by atoms with Crippen molar-refractivity contribution in [3.63, 3.8) is 0 Å². The zero-order valence-corrected chi connectivity index (χ0v) is 12.7. The maximum absolute atomic E-state index is 13.3. The molecule has 24 heavy (non-hydrogen) atoms. The molecule has 3 rings (SSSR count). The fraction of sp³-hybridized carbons (Fsp3) is 0. The summed E-state index contributed by atoms with van der Waals surface area (Å²) < 4.78 is 27.6. The highest BCUT2D eigenvalue weighted by Gasteiger charge is 2.16. The van der Waals surface area contributed by atoms with Gasteiger partial charge in [-0.05, 0) is 30.3 Å². The lowest BCUT2D eigenvalue weighted by molar-refractivity contribution is 0.319. The minimum Gasteiger partial charge on any atom is -0.507 e. The van der Waals surface area contributed by atoms with Crippen LogP contribution in [0, 0.1) is 11.6 Å². The van der Waals surface area contributed by atoms with E-state index < -0.39 is 11.6 Å². The molecule has 122 valence electrons. The van der Waals surface area contributed by atoms with Gasteiger partial charge in [0.2, 0.25) is 0 Å². The number of nitrogens with zero attached hydrogens (tertiary/aromatic N) is 3. The monoisotopic (exact) mass is 349 g/mol. The van der Waals surface area contributed by atoms with Crippen LogP contribution in [-0.2, 0) is 0 Å². The van der Waals surface area contributed by atoms with Crippen molar-refractivity contribution < 1.29 is 19.1 Å². The van der Waals surface area contributed by atoms with E-state index >= 15 is 0 Å². The van der Waals surface area contributed by atoms with Gasteiger partial charge in [-0.2, -0.15) is 5.10 Å². The molecule has 0 aliphatic heterocycles. The summed E-state index contributed by atoms with van der Waals surface area (Å²) in [6.45, 7) is 0. The number of rotatable bonds is 3. The van der Waals surface area contributed by atoms with Crippen LogP contribution in [0.1, 0.15) is 11.1 Å². The Balaban J connectivity index is 2.02. The predicted octanol–water partition coefficient (Wildman–Crippen LogP) is 3.74. The van der Waals surface area contributed by atoms with Crippen LogP contribution in [0.3, 0.4) is 0 Å². The van der Waals surface area contributed by atoms with Gasteiger partial charge >= 0.3 is 0 Å². The Labute approximate surface area is 140 Å². The summed E-state index contributed by atoms with van der Waals surface area (Å²) in [5.41, 5.74) is 0.867. The van der Waals surface area contributed by atoms with Gasteiger partial charge in [0.15, 0.2) is 11.6 Å². The van der Waals surface area contributed by atoms with Crippen molar-refractivity contribution in [2.24, 2.45) is 5.16 Å². The van der Waals surface area contributed by atoms with Crippen molar-refractivity contribution in [1.82, 2.24) is 9.78 Å². The van der Waals surface area contributed by atoms with Crippen molar-refractivity contribution in [2.75, 3.05) is 0 Å². The molecule has 1 aromatic heterocycles. The average Bonchev–Trinajstić information content (AvgIpc) is 3.04. The fourth-order valence-electron chi connectivity index (χ4n) is 2.18. The third kappa shape index (κ3) is 2.93. The van der Waals surface area contributed by atoms with Gasteiger partial charge in [-0.15, -0.1) is 0 Å². The summed E-state index contributed by atoms with van der Waals surface area (Å²) >= 11 is 5.89. The summed E-state index contributed by atoms with van der Waals surface area (Å²) in [5.74, 6) is -2.10. The molecule has 8 heteroatoms. The van der Waals surface area contributed by atoms with E-state index in [2.05, 4.69) is 10.3 Å². The molecule has 0 spiro atoms. The Bertz CT molecular complexity index is 941. The van der Waals surface area contributed by atoms with E-state index in [1.165, 1.54) is 41.3 Å². The molecule has 2 aromatic carbocycles. The molecule has 0 atom stereocenters. The topological polar surface area (TPSA) is 70.6 Å². The summed E-state index contributed by atoms with van der Waals surface area (Å²) in [4.78, 5) is 0. The van der Waals surface area contributed by atoms with Crippen LogP contribution in [0.5, 0.6) is 5.75 Å². The largest absolute Gasteiger partial charge is 0.507 e. The Kier molecular flexibility index (Phi) is 4.18. The summed E-state index contributed by atoms with van der Waals surface area (Å²) in [6.07, 6.45) is 2.80. The number of aromatic hydroxyl groups is 1. The average molecular weight is 350 g/mol. The number of oxime groups is 1. The second kappa shape index (κ2) is 6.29. The number of phenolic OH excluding ortho intramolecular Hbond substituents is 1.